The molecule has 0 aromatic carbocycles. The summed E-state index contributed by atoms with van der Waals surface area (Å²) in [7, 11) is -3.11. The number of sulfone groups is 1. The SMILES string of the molecule is CS(=O)(=O)Cc1nnc(CCN)o1. The minimum absolute atomic E-state index is 0.117. The first-order valence-corrected chi connectivity index (χ1v) is 5.76. The van der Waals surface area contributed by atoms with Crippen molar-refractivity contribution in [1.29, 1.82) is 0 Å². The highest BCUT2D eigenvalue weighted by molar-refractivity contribution is 7.89. The number of hydrogen-bond donors (Lipinski definition) is 1. The van der Waals surface area contributed by atoms with Crippen molar-refractivity contribution in [2.24, 2.45) is 5.73 Å². The lowest BCUT2D eigenvalue weighted by Crippen LogP contribution is -2.02. The zero-order valence-electron chi connectivity index (χ0n) is 7.23. The Kier molecular flexibility index (Phi) is 2.99. The first kappa shape index (κ1) is 10.1. The van der Waals surface area contributed by atoms with E-state index in [4.69, 9.17) is 10.2 Å². The lowest BCUT2D eigenvalue weighted by Gasteiger charge is -1.90. The van der Waals surface area contributed by atoms with Gasteiger partial charge in [0.05, 0.1) is 0 Å². The van der Waals surface area contributed by atoms with Gasteiger partial charge in [-0.3, -0.25) is 0 Å². The molecule has 0 spiro atoms. The Morgan fingerprint density at radius 2 is 2.00 bits per heavy atom. The van der Waals surface area contributed by atoms with E-state index >= 15 is 0 Å². The van der Waals surface area contributed by atoms with Gasteiger partial charge < -0.3 is 10.2 Å². The van der Waals surface area contributed by atoms with Gasteiger partial charge in [0.15, 0.2) is 9.84 Å². The number of aromatic nitrogens is 2. The average molecular weight is 205 g/mol. The second-order valence-corrected chi connectivity index (χ2v) is 4.84. The fourth-order valence-electron chi connectivity index (χ4n) is 0.795. The maximum absolute atomic E-state index is 10.8. The van der Waals surface area contributed by atoms with Crippen LogP contribution in [-0.2, 0) is 22.0 Å². The van der Waals surface area contributed by atoms with Gasteiger partial charge in [-0.2, -0.15) is 0 Å². The van der Waals surface area contributed by atoms with E-state index in [-0.39, 0.29) is 11.6 Å². The zero-order valence-corrected chi connectivity index (χ0v) is 8.04. The molecule has 13 heavy (non-hydrogen) atoms. The van der Waals surface area contributed by atoms with Crippen molar-refractivity contribution in [3.8, 4) is 0 Å². The molecular formula is C6H11N3O3S. The first-order valence-electron chi connectivity index (χ1n) is 3.70. The number of rotatable bonds is 4. The van der Waals surface area contributed by atoms with Gasteiger partial charge in [-0.15, -0.1) is 10.2 Å². The van der Waals surface area contributed by atoms with Gasteiger partial charge in [-0.25, -0.2) is 8.42 Å². The Hall–Kier alpha value is -0.950. The van der Waals surface area contributed by atoms with Crippen LogP contribution in [0.5, 0.6) is 0 Å². The summed E-state index contributed by atoms with van der Waals surface area (Å²) in [6.45, 7) is 0.403. The molecule has 1 heterocycles. The highest BCUT2D eigenvalue weighted by Crippen LogP contribution is 2.03. The van der Waals surface area contributed by atoms with E-state index in [0.29, 0.717) is 18.9 Å². The van der Waals surface area contributed by atoms with Crippen LogP contribution in [0.2, 0.25) is 0 Å². The molecule has 0 saturated carbocycles. The smallest absolute Gasteiger partial charge is 0.231 e. The second kappa shape index (κ2) is 3.84. The molecule has 0 amide bonds. The molecule has 0 aliphatic rings. The molecule has 0 atom stereocenters. The van der Waals surface area contributed by atoms with E-state index in [1.807, 2.05) is 0 Å². The van der Waals surface area contributed by atoms with E-state index in [0.717, 1.165) is 6.26 Å². The van der Waals surface area contributed by atoms with Gasteiger partial charge in [0.25, 0.3) is 0 Å². The molecule has 1 rings (SSSR count). The third-order valence-corrected chi connectivity index (χ3v) is 2.02. The predicted molar refractivity (Wildman–Crippen MR) is 45.6 cm³/mol. The van der Waals surface area contributed by atoms with Crippen molar-refractivity contribution < 1.29 is 12.8 Å². The lowest BCUT2D eigenvalue weighted by molar-refractivity contribution is 0.462. The third kappa shape index (κ3) is 3.51. The molecular weight excluding hydrogens is 194 g/mol. The van der Waals surface area contributed by atoms with Crippen molar-refractivity contribution in [2.75, 3.05) is 12.8 Å². The fraction of sp³-hybridized carbons (Fsp3) is 0.667. The predicted octanol–water partition coefficient (Wildman–Crippen LogP) is -0.885. The van der Waals surface area contributed by atoms with Crippen molar-refractivity contribution in [3.05, 3.63) is 11.8 Å². The Balaban J connectivity index is 2.69. The number of nitrogens with two attached hydrogens (primary N) is 1. The average Bonchev–Trinajstić information content (AvgIpc) is 2.33. The standard InChI is InChI=1S/C6H11N3O3S/c1-13(10,11)4-6-9-8-5(12-6)2-3-7/h2-4,7H2,1H3. The van der Waals surface area contributed by atoms with Crippen LogP contribution < -0.4 is 5.73 Å². The van der Waals surface area contributed by atoms with Crippen LogP contribution in [-0.4, -0.2) is 31.4 Å². The maximum Gasteiger partial charge on any atom is 0.231 e. The Morgan fingerprint density at radius 1 is 1.38 bits per heavy atom. The Labute approximate surface area is 76.1 Å². The van der Waals surface area contributed by atoms with E-state index in [9.17, 15) is 8.42 Å². The van der Waals surface area contributed by atoms with E-state index < -0.39 is 9.84 Å². The largest absolute Gasteiger partial charge is 0.424 e. The van der Waals surface area contributed by atoms with Crippen LogP contribution in [0.25, 0.3) is 0 Å². The van der Waals surface area contributed by atoms with Gasteiger partial charge >= 0.3 is 0 Å². The molecule has 74 valence electrons. The molecule has 0 aliphatic carbocycles. The molecule has 2 N–H and O–H groups in total. The maximum atomic E-state index is 10.8. The van der Waals surface area contributed by atoms with Gasteiger partial charge in [0.2, 0.25) is 11.8 Å². The topological polar surface area (TPSA) is 99.1 Å². The van der Waals surface area contributed by atoms with Crippen LogP contribution >= 0.6 is 0 Å². The molecule has 0 aliphatic heterocycles. The van der Waals surface area contributed by atoms with Crippen molar-refractivity contribution in [1.82, 2.24) is 10.2 Å². The van der Waals surface area contributed by atoms with Crippen LogP contribution in [0.15, 0.2) is 4.42 Å². The summed E-state index contributed by atoms with van der Waals surface area (Å²) >= 11 is 0. The Morgan fingerprint density at radius 3 is 2.54 bits per heavy atom. The molecule has 7 heteroatoms. The summed E-state index contributed by atoms with van der Waals surface area (Å²) in [5.74, 6) is 0.275. The third-order valence-electron chi connectivity index (χ3n) is 1.25. The minimum Gasteiger partial charge on any atom is -0.424 e. The van der Waals surface area contributed by atoms with Crippen molar-refractivity contribution >= 4 is 9.84 Å². The molecule has 0 unspecified atom stereocenters. The summed E-state index contributed by atoms with van der Waals surface area (Å²) in [5, 5.41) is 7.20. The molecule has 0 radical (unpaired) electrons. The van der Waals surface area contributed by atoms with Crippen LogP contribution in [0.1, 0.15) is 11.8 Å². The quantitative estimate of drug-likeness (QED) is 0.685. The van der Waals surface area contributed by atoms with Gasteiger partial charge in [-0.1, -0.05) is 0 Å². The van der Waals surface area contributed by atoms with Crippen molar-refractivity contribution in [2.45, 2.75) is 12.2 Å². The van der Waals surface area contributed by atoms with Gasteiger partial charge in [-0.05, 0) is 0 Å². The van der Waals surface area contributed by atoms with Crippen LogP contribution in [0.3, 0.4) is 0 Å². The highest BCUT2D eigenvalue weighted by Gasteiger charge is 2.11. The van der Waals surface area contributed by atoms with Crippen LogP contribution in [0, 0.1) is 0 Å². The summed E-state index contributed by atoms with van der Waals surface area (Å²) in [6, 6.07) is 0. The minimum atomic E-state index is -3.11. The molecule has 1 aromatic rings. The monoisotopic (exact) mass is 205 g/mol. The summed E-state index contributed by atoms with van der Waals surface area (Å²) in [6.07, 6.45) is 1.58. The molecule has 0 saturated heterocycles. The lowest BCUT2D eigenvalue weighted by atomic mass is 10.4. The van der Waals surface area contributed by atoms with Crippen molar-refractivity contribution in [3.63, 3.8) is 0 Å². The Bertz CT molecular complexity index is 370. The summed E-state index contributed by atoms with van der Waals surface area (Å²) in [4.78, 5) is 0. The zero-order chi connectivity index (χ0) is 9.90. The van der Waals surface area contributed by atoms with E-state index in [1.165, 1.54) is 0 Å². The highest BCUT2D eigenvalue weighted by atomic mass is 32.2. The number of hydrogen-bond acceptors (Lipinski definition) is 6. The number of nitrogens with zero attached hydrogens (tertiary/aromatic N) is 2. The van der Waals surface area contributed by atoms with E-state index in [2.05, 4.69) is 10.2 Å². The summed E-state index contributed by atoms with van der Waals surface area (Å²) in [5.41, 5.74) is 5.25. The molecule has 0 bridgehead atoms. The van der Waals surface area contributed by atoms with Crippen LogP contribution in [0.4, 0.5) is 0 Å². The van der Waals surface area contributed by atoms with Gasteiger partial charge in [0, 0.05) is 19.2 Å². The summed E-state index contributed by atoms with van der Waals surface area (Å²) < 4.78 is 26.6. The van der Waals surface area contributed by atoms with E-state index in [1.54, 1.807) is 0 Å². The second-order valence-electron chi connectivity index (χ2n) is 2.70. The van der Waals surface area contributed by atoms with Gasteiger partial charge in [0.1, 0.15) is 5.75 Å². The fourth-order valence-corrected chi connectivity index (χ4v) is 1.36. The molecule has 0 fully saturated rings. The normalized spacial score (nSPS) is 11.8. The molecule has 6 nitrogen and oxygen atoms in total. The molecule has 1 aromatic heterocycles. The first-order chi connectivity index (χ1) is 6.01.